The molecule has 0 radical (unpaired) electrons. The summed E-state index contributed by atoms with van der Waals surface area (Å²) in [6.45, 7) is 2.10. The molecule has 0 bridgehead atoms. The molecule has 0 saturated carbocycles. The van der Waals surface area contributed by atoms with E-state index in [0.717, 1.165) is 29.1 Å². The van der Waals surface area contributed by atoms with Gasteiger partial charge in [0.25, 0.3) is 0 Å². The van der Waals surface area contributed by atoms with E-state index in [1.165, 1.54) is 17.3 Å². The van der Waals surface area contributed by atoms with Crippen LogP contribution in [-0.4, -0.2) is 38.5 Å². The van der Waals surface area contributed by atoms with Crippen LogP contribution in [-0.2, 0) is 11.2 Å². The molecule has 2 aromatic heterocycles. The highest BCUT2D eigenvalue weighted by atomic mass is 32.2. The van der Waals surface area contributed by atoms with Gasteiger partial charge < -0.3 is 10.1 Å². The van der Waals surface area contributed by atoms with Crippen molar-refractivity contribution in [3.05, 3.63) is 78.6 Å². The third-order valence-corrected chi connectivity index (χ3v) is 5.79. The van der Waals surface area contributed by atoms with Gasteiger partial charge in [-0.1, -0.05) is 30.8 Å². The van der Waals surface area contributed by atoms with Gasteiger partial charge in [0, 0.05) is 29.3 Å². The molecule has 1 amide bonds. The Morgan fingerprint density at radius 1 is 1.06 bits per heavy atom. The van der Waals surface area contributed by atoms with Gasteiger partial charge in [0.1, 0.15) is 5.75 Å². The summed E-state index contributed by atoms with van der Waals surface area (Å²) >= 11 is 1.33. The summed E-state index contributed by atoms with van der Waals surface area (Å²) in [6.07, 6.45) is 4.42. The summed E-state index contributed by atoms with van der Waals surface area (Å²) in [4.78, 5) is 16.7. The van der Waals surface area contributed by atoms with Gasteiger partial charge in [0.15, 0.2) is 11.0 Å². The Morgan fingerprint density at radius 2 is 1.84 bits per heavy atom. The number of methoxy groups -OCH3 is 1. The predicted octanol–water partition coefficient (Wildman–Crippen LogP) is 4.63. The minimum absolute atomic E-state index is 0.105. The fourth-order valence-electron chi connectivity index (χ4n) is 3.16. The largest absolute Gasteiger partial charge is 0.497 e. The third-order valence-electron chi connectivity index (χ3n) is 4.86. The minimum atomic E-state index is -0.105. The second-order valence-corrected chi connectivity index (χ2v) is 7.91. The van der Waals surface area contributed by atoms with Gasteiger partial charge in [-0.25, -0.2) is 0 Å². The van der Waals surface area contributed by atoms with Gasteiger partial charge in [-0.05, 0) is 60.5 Å². The summed E-state index contributed by atoms with van der Waals surface area (Å²) in [7, 11) is 1.63. The van der Waals surface area contributed by atoms with E-state index in [1.807, 2.05) is 65.2 Å². The van der Waals surface area contributed by atoms with Crippen molar-refractivity contribution in [2.45, 2.75) is 18.5 Å². The molecule has 32 heavy (non-hydrogen) atoms. The number of thioether (sulfide) groups is 1. The molecule has 4 rings (SSSR count). The van der Waals surface area contributed by atoms with Crippen LogP contribution < -0.4 is 10.1 Å². The molecular formula is C24H23N5O2S. The minimum Gasteiger partial charge on any atom is -0.497 e. The van der Waals surface area contributed by atoms with Crippen LogP contribution in [0, 0.1) is 0 Å². The molecule has 8 heteroatoms. The van der Waals surface area contributed by atoms with E-state index < -0.39 is 0 Å². The molecule has 2 aromatic carbocycles. The maximum absolute atomic E-state index is 12.5. The van der Waals surface area contributed by atoms with Gasteiger partial charge in [0.05, 0.1) is 12.9 Å². The lowest BCUT2D eigenvalue weighted by Crippen LogP contribution is -2.14. The Bertz CT molecular complexity index is 1180. The number of hydrogen-bond donors (Lipinski definition) is 1. The number of pyridine rings is 1. The highest BCUT2D eigenvalue weighted by Crippen LogP contribution is 2.28. The molecule has 0 aliphatic carbocycles. The van der Waals surface area contributed by atoms with Crippen molar-refractivity contribution in [2.24, 2.45) is 0 Å². The topological polar surface area (TPSA) is 81.9 Å². The highest BCUT2D eigenvalue weighted by Gasteiger charge is 2.17. The normalized spacial score (nSPS) is 10.7. The first-order valence-corrected chi connectivity index (χ1v) is 11.2. The number of carbonyl (C=O) groups excluding carboxylic acids is 1. The molecule has 2 heterocycles. The lowest BCUT2D eigenvalue weighted by atomic mass is 10.1. The number of carbonyl (C=O) groups is 1. The van der Waals surface area contributed by atoms with Crippen molar-refractivity contribution in [3.8, 4) is 22.8 Å². The quantitative estimate of drug-likeness (QED) is 0.398. The Labute approximate surface area is 190 Å². The lowest BCUT2D eigenvalue weighted by molar-refractivity contribution is -0.113. The Hall–Kier alpha value is -3.65. The van der Waals surface area contributed by atoms with E-state index in [0.29, 0.717) is 11.0 Å². The molecule has 0 spiro atoms. The lowest BCUT2D eigenvalue weighted by Gasteiger charge is -2.11. The first-order chi connectivity index (χ1) is 15.7. The SMILES string of the molecule is CCc1ccc(NC(=O)CSc2nnc(-c3cccnc3)n2-c2ccc(OC)cc2)cc1. The number of rotatable bonds is 8. The summed E-state index contributed by atoms with van der Waals surface area (Å²) in [5.74, 6) is 1.51. The maximum atomic E-state index is 12.5. The first-order valence-electron chi connectivity index (χ1n) is 10.2. The molecule has 0 saturated heterocycles. The molecule has 7 nitrogen and oxygen atoms in total. The van der Waals surface area contributed by atoms with Gasteiger partial charge >= 0.3 is 0 Å². The van der Waals surface area contributed by atoms with Crippen LogP contribution in [0.2, 0.25) is 0 Å². The molecule has 0 atom stereocenters. The molecule has 4 aromatic rings. The van der Waals surface area contributed by atoms with E-state index >= 15 is 0 Å². The van der Waals surface area contributed by atoms with Crippen molar-refractivity contribution in [3.63, 3.8) is 0 Å². The Balaban J connectivity index is 1.56. The van der Waals surface area contributed by atoms with Crippen LogP contribution in [0.4, 0.5) is 5.69 Å². The van der Waals surface area contributed by atoms with Crippen molar-refractivity contribution < 1.29 is 9.53 Å². The molecule has 0 aliphatic heterocycles. The zero-order valence-corrected chi connectivity index (χ0v) is 18.7. The van der Waals surface area contributed by atoms with E-state index in [9.17, 15) is 4.79 Å². The van der Waals surface area contributed by atoms with Crippen LogP contribution in [0.5, 0.6) is 5.75 Å². The average molecular weight is 446 g/mol. The van der Waals surface area contributed by atoms with Gasteiger partial charge in [-0.2, -0.15) is 0 Å². The fourth-order valence-corrected chi connectivity index (χ4v) is 3.91. The van der Waals surface area contributed by atoms with Crippen molar-refractivity contribution in [1.29, 1.82) is 0 Å². The van der Waals surface area contributed by atoms with Crippen molar-refractivity contribution in [1.82, 2.24) is 19.7 Å². The second kappa shape index (κ2) is 10.1. The molecule has 1 N–H and O–H groups in total. The number of anilines is 1. The van der Waals surface area contributed by atoms with Crippen molar-refractivity contribution in [2.75, 3.05) is 18.2 Å². The first kappa shape index (κ1) is 21.6. The van der Waals surface area contributed by atoms with Crippen LogP contribution in [0.1, 0.15) is 12.5 Å². The Kier molecular flexibility index (Phi) is 6.81. The zero-order chi connectivity index (χ0) is 22.3. The second-order valence-electron chi connectivity index (χ2n) is 6.97. The molecule has 0 unspecified atom stereocenters. The standard InChI is InChI=1S/C24H23N5O2S/c1-3-17-6-8-19(9-7-17)26-22(30)16-32-24-28-27-23(18-5-4-14-25-15-18)29(24)20-10-12-21(31-2)13-11-20/h4-15H,3,16H2,1-2H3,(H,26,30). The predicted molar refractivity (Wildman–Crippen MR) is 126 cm³/mol. The maximum Gasteiger partial charge on any atom is 0.234 e. The number of hydrogen-bond acceptors (Lipinski definition) is 6. The van der Waals surface area contributed by atoms with Gasteiger partial charge in [0.2, 0.25) is 5.91 Å². The molecule has 0 aliphatic rings. The summed E-state index contributed by atoms with van der Waals surface area (Å²) < 4.78 is 7.19. The van der Waals surface area contributed by atoms with Gasteiger partial charge in [-0.3, -0.25) is 14.3 Å². The monoisotopic (exact) mass is 445 g/mol. The zero-order valence-electron chi connectivity index (χ0n) is 17.9. The number of nitrogens with one attached hydrogen (secondary N) is 1. The number of aryl methyl sites for hydroxylation is 1. The molecule has 162 valence electrons. The van der Waals surface area contributed by atoms with E-state index in [4.69, 9.17) is 4.74 Å². The van der Waals surface area contributed by atoms with Gasteiger partial charge in [-0.15, -0.1) is 10.2 Å². The smallest absolute Gasteiger partial charge is 0.234 e. The Morgan fingerprint density at radius 3 is 2.50 bits per heavy atom. The number of nitrogens with zero attached hydrogens (tertiary/aromatic N) is 4. The summed E-state index contributed by atoms with van der Waals surface area (Å²) in [6, 6.07) is 19.3. The number of benzene rings is 2. The summed E-state index contributed by atoms with van der Waals surface area (Å²) in [5.41, 5.74) is 3.71. The third kappa shape index (κ3) is 4.97. The highest BCUT2D eigenvalue weighted by molar-refractivity contribution is 7.99. The van der Waals surface area contributed by atoms with E-state index in [1.54, 1.807) is 19.5 Å². The van der Waals surface area contributed by atoms with Crippen LogP contribution >= 0.6 is 11.8 Å². The number of amides is 1. The number of ether oxygens (including phenoxy) is 1. The van der Waals surface area contributed by atoms with E-state index in [-0.39, 0.29) is 11.7 Å². The molecular weight excluding hydrogens is 422 g/mol. The van der Waals surface area contributed by atoms with Crippen molar-refractivity contribution >= 4 is 23.4 Å². The fraction of sp³-hybridized carbons (Fsp3) is 0.167. The van der Waals surface area contributed by atoms with Crippen LogP contribution in [0.15, 0.2) is 78.2 Å². The average Bonchev–Trinajstić information content (AvgIpc) is 3.28. The molecule has 0 fully saturated rings. The van der Waals surface area contributed by atoms with Crippen LogP contribution in [0.3, 0.4) is 0 Å². The van der Waals surface area contributed by atoms with E-state index in [2.05, 4.69) is 27.4 Å². The van der Waals surface area contributed by atoms with Crippen LogP contribution in [0.25, 0.3) is 17.1 Å². The number of aromatic nitrogens is 4. The summed E-state index contributed by atoms with van der Waals surface area (Å²) in [5, 5.41) is 12.3.